The van der Waals surface area contributed by atoms with Gasteiger partial charge in [0.2, 0.25) is 0 Å². The second kappa shape index (κ2) is 2.34. The fourth-order valence-corrected chi connectivity index (χ4v) is 1.39. The first-order chi connectivity index (χ1) is 5.66. The van der Waals surface area contributed by atoms with Crippen molar-refractivity contribution in [3.05, 3.63) is 29.1 Å². The normalized spacial score (nSPS) is 10.9. The van der Waals surface area contributed by atoms with Crippen molar-refractivity contribution in [3.8, 4) is 0 Å². The highest BCUT2D eigenvalue weighted by molar-refractivity contribution is 5.76. The number of nitrogens with zero attached hydrogens (tertiary/aromatic N) is 1. The van der Waals surface area contributed by atoms with Gasteiger partial charge < -0.3 is 4.98 Å². The number of rotatable bonds is 0. The highest BCUT2D eigenvalue weighted by atomic mass is 14.8. The quantitative estimate of drug-likeness (QED) is 0.630. The Morgan fingerprint density at radius 1 is 1.17 bits per heavy atom. The molecule has 0 atom stereocenters. The molecule has 2 heterocycles. The lowest BCUT2D eigenvalue weighted by molar-refractivity contribution is 1.19. The second-order valence-electron chi connectivity index (χ2n) is 3.28. The van der Waals surface area contributed by atoms with Crippen LogP contribution in [0.4, 0.5) is 0 Å². The van der Waals surface area contributed by atoms with E-state index >= 15 is 0 Å². The minimum Gasteiger partial charge on any atom is -0.357 e. The second-order valence-corrected chi connectivity index (χ2v) is 3.28. The van der Waals surface area contributed by atoms with E-state index in [1.54, 1.807) is 0 Å². The average molecular weight is 160 g/mol. The number of aromatic amines is 1. The molecule has 0 aliphatic rings. The number of nitrogens with one attached hydrogen (secondary N) is 1. The molecule has 0 bridgehead atoms. The predicted molar refractivity (Wildman–Crippen MR) is 50.3 cm³/mol. The van der Waals surface area contributed by atoms with E-state index in [4.69, 9.17) is 0 Å². The number of hydrogen-bond donors (Lipinski definition) is 1. The van der Waals surface area contributed by atoms with Crippen molar-refractivity contribution in [1.82, 2.24) is 9.97 Å². The maximum Gasteiger partial charge on any atom is 0.0884 e. The van der Waals surface area contributed by atoms with Gasteiger partial charge in [-0.15, -0.1) is 0 Å². The van der Waals surface area contributed by atoms with Gasteiger partial charge in [-0.3, -0.25) is 4.98 Å². The summed E-state index contributed by atoms with van der Waals surface area (Å²) < 4.78 is 0. The molecule has 0 spiro atoms. The van der Waals surface area contributed by atoms with Gasteiger partial charge in [-0.05, 0) is 38.5 Å². The van der Waals surface area contributed by atoms with E-state index < -0.39 is 0 Å². The highest BCUT2D eigenvalue weighted by Crippen LogP contribution is 2.15. The van der Waals surface area contributed by atoms with Gasteiger partial charge in [0.15, 0.2) is 0 Å². The maximum atomic E-state index is 4.46. The third-order valence-electron chi connectivity index (χ3n) is 2.18. The first-order valence-electron chi connectivity index (χ1n) is 4.10. The van der Waals surface area contributed by atoms with Gasteiger partial charge in [0.1, 0.15) is 0 Å². The van der Waals surface area contributed by atoms with Gasteiger partial charge >= 0.3 is 0 Å². The van der Waals surface area contributed by atoms with E-state index in [9.17, 15) is 0 Å². The molecule has 0 fully saturated rings. The van der Waals surface area contributed by atoms with Crippen molar-refractivity contribution in [3.63, 3.8) is 0 Å². The van der Waals surface area contributed by atoms with Crippen LogP contribution >= 0.6 is 0 Å². The summed E-state index contributed by atoms with van der Waals surface area (Å²) in [4.78, 5) is 7.73. The van der Waals surface area contributed by atoms with Crippen LogP contribution in [-0.4, -0.2) is 9.97 Å². The van der Waals surface area contributed by atoms with Crippen LogP contribution in [0, 0.1) is 20.8 Å². The molecule has 0 saturated carbocycles. The monoisotopic (exact) mass is 160 g/mol. The Hall–Kier alpha value is -1.31. The summed E-state index contributed by atoms with van der Waals surface area (Å²) in [6.45, 7) is 6.17. The Morgan fingerprint density at radius 3 is 2.67 bits per heavy atom. The topological polar surface area (TPSA) is 28.7 Å². The van der Waals surface area contributed by atoms with Crippen molar-refractivity contribution in [2.24, 2.45) is 0 Å². The lowest BCUT2D eigenvalue weighted by Gasteiger charge is -1.97. The molecular weight excluding hydrogens is 148 g/mol. The van der Waals surface area contributed by atoms with Crippen LogP contribution in [0.2, 0.25) is 0 Å². The molecule has 0 aliphatic carbocycles. The number of H-pyrrole nitrogens is 1. The van der Waals surface area contributed by atoms with E-state index in [-0.39, 0.29) is 0 Å². The molecule has 2 nitrogen and oxygen atoms in total. The Balaban J connectivity index is 2.83. The third kappa shape index (κ3) is 0.998. The summed E-state index contributed by atoms with van der Waals surface area (Å²) in [6.07, 6.45) is 0. The first-order valence-corrected chi connectivity index (χ1v) is 4.10. The Labute approximate surface area is 71.6 Å². The number of fused-ring (bicyclic) bond motifs is 1. The lowest BCUT2D eigenvalue weighted by Crippen LogP contribution is -1.85. The lowest BCUT2D eigenvalue weighted by atomic mass is 10.2. The Kier molecular flexibility index (Phi) is 1.43. The maximum absolute atomic E-state index is 4.46. The van der Waals surface area contributed by atoms with Crippen LogP contribution in [0.3, 0.4) is 0 Å². The minimum atomic E-state index is 1.07. The van der Waals surface area contributed by atoms with Gasteiger partial charge in [-0.1, -0.05) is 0 Å². The number of aromatic nitrogens is 2. The molecule has 0 aliphatic heterocycles. The largest absolute Gasteiger partial charge is 0.357 e. The van der Waals surface area contributed by atoms with Gasteiger partial charge in [0.05, 0.1) is 11.0 Å². The molecule has 12 heavy (non-hydrogen) atoms. The number of aryl methyl sites for hydroxylation is 3. The van der Waals surface area contributed by atoms with Crippen LogP contribution in [0.25, 0.3) is 11.0 Å². The van der Waals surface area contributed by atoms with Crippen LogP contribution in [0.1, 0.15) is 17.0 Å². The predicted octanol–water partition coefficient (Wildman–Crippen LogP) is 2.49. The zero-order valence-corrected chi connectivity index (χ0v) is 7.60. The summed E-state index contributed by atoms with van der Waals surface area (Å²) >= 11 is 0. The summed E-state index contributed by atoms with van der Waals surface area (Å²) in [5, 5.41) is 0. The summed E-state index contributed by atoms with van der Waals surface area (Å²) in [5.74, 6) is 0. The molecule has 0 aromatic carbocycles. The van der Waals surface area contributed by atoms with Gasteiger partial charge in [-0.25, -0.2) is 0 Å². The number of pyridine rings is 1. The molecule has 2 heteroatoms. The summed E-state index contributed by atoms with van der Waals surface area (Å²) in [5.41, 5.74) is 5.72. The SMILES string of the molecule is Cc1cc2nc(C)c(C)cc2[nH]1. The summed E-state index contributed by atoms with van der Waals surface area (Å²) in [7, 11) is 0. The summed E-state index contributed by atoms with van der Waals surface area (Å²) in [6, 6.07) is 4.21. The van der Waals surface area contributed by atoms with E-state index in [1.807, 2.05) is 13.8 Å². The Morgan fingerprint density at radius 2 is 1.92 bits per heavy atom. The van der Waals surface area contributed by atoms with Crippen molar-refractivity contribution >= 4 is 11.0 Å². The fourth-order valence-electron chi connectivity index (χ4n) is 1.39. The minimum absolute atomic E-state index is 1.07. The molecule has 2 aromatic heterocycles. The van der Waals surface area contributed by atoms with Crippen LogP contribution in [0.15, 0.2) is 12.1 Å². The molecule has 0 radical (unpaired) electrons. The standard InChI is InChI=1S/C10H12N2/c1-6-4-9-10(12-8(6)3)5-7(2)11-9/h4-5,11H,1-3H3. The fraction of sp³-hybridized carbons (Fsp3) is 0.300. The molecule has 0 saturated heterocycles. The van der Waals surface area contributed by atoms with Gasteiger partial charge in [0.25, 0.3) is 0 Å². The van der Waals surface area contributed by atoms with E-state index in [2.05, 4.69) is 29.0 Å². The smallest absolute Gasteiger partial charge is 0.0884 e. The first kappa shape index (κ1) is 7.35. The van der Waals surface area contributed by atoms with Crippen molar-refractivity contribution in [2.75, 3.05) is 0 Å². The zero-order chi connectivity index (χ0) is 8.72. The average Bonchev–Trinajstić information content (AvgIpc) is 2.30. The third-order valence-corrected chi connectivity index (χ3v) is 2.18. The van der Waals surface area contributed by atoms with Crippen LogP contribution in [-0.2, 0) is 0 Å². The molecule has 62 valence electrons. The molecule has 2 rings (SSSR count). The molecule has 1 N–H and O–H groups in total. The van der Waals surface area contributed by atoms with E-state index in [0.717, 1.165) is 16.7 Å². The van der Waals surface area contributed by atoms with Crippen molar-refractivity contribution < 1.29 is 0 Å². The highest BCUT2D eigenvalue weighted by Gasteiger charge is 2.00. The van der Waals surface area contributed by atoms with E-state index in [0.29, 0.717) is 0 Å². The van der Waals surface area contributed by atoms with Crippen LogP contribution < -0.4 is 0 Å². The number of hydrogen-bond acceptors (Lipinski definition) is 1. The Bertz CT molecular complexity index is 388. The molecule has 0 unspecified atom stereocenters. The molecule has 0 amide bonds. The molecular formula is C10H12N2. The van der Waals surface area contributed by atoms with Crippen molar-refractivity contribution in [1.29, 1.82) is 0 Å². The zero-order valence-electron chi connectivity index (χ0n) is 7.60. The van der Waals surface area contributed by atoms with Gasteiger partial charge in [0, 0.05) is 11.4 Å². The van der Waals surface area contributed by atoms with Gasteiger partial charge in [-0.2, -0.15) is 0 Å². The van der Waals surface area contributed by atoms with Crippen molar-refractivity contribution in [2.45, 2.75) is 20.8 Å². The van der Waals surface area contributed by atoms with E-state index in [1.165, 1.54) is 11.3 Å². The van der Waals surface area contributed by atoms with Crippen LogP contribution in [0.5, 0.6) is 0 Å². The molecule has 2 aromatic rings.